The van der Waals surface area contributed by atoms with Crippen molar-refractivity contribution in [2.45, 2.75) is 76.7 Å². The number of likely N-dealkylation sites (tertiary alicyclic amines) is 1. The first-order valence-electron chi connectivity index (χ1n) is 12.3. The normalized spacial score (nSPS) is 24.9. The van der Waals surface area contributed by atoms with E-state index in [4.69, 9.17) is 9.47 Å². The molecule has 0 saturated carbocycles. The van der Waals surface area contributed by atoms with E-state index < -0.39 is 54.3 Å². The topological polar surface area (TPSA) is 92.2 Å². The average Bonchev–Trinajstić information content (AvgIpc) is 3.11. The summed E-state index contributed by atoms with van der Waals surface area (Å²) in [5.41, 5.74) is -1.33. The highest BCUT2D eigenvalue weighted by Gasteiger charge is 2.52. The van der Waals surface area contributed by atoms with E-state index >= 15 is 0 Å². The number of benzene rings is 1. The number of carbonyl (C=O) groups excluding carboxylic acids is 2. The Morgan fingerprint density at radius 3 is 2.26 bits per heavy atom. The number of nitrogens with zero attached hydrogens (tertiary/aromatic N) is 3. The SMILES string of the molecule is CC(C)(C)OC(=O)N1CCC1(O)c1ccc(-c2ccc(C3OC(C)(C)N(C(=O)C(F)F)C3CF)cc2)cn1. The summed E-state index contributed by atoms with van der Waals surface area (Å²) in [5, 5.41) is 11.1. The van der Waals surface area contributed by atoms with Crippen LogP contribution in [-0.2, 0) is 20.0 Å². The minimum Gasteiger partial charge on any atom is -0.444 e. The van der Waals surface area contributed by atoms with E-state index in [0.29, 0.717) is 24.2 Å². The molecule has 2 saturated heterocycles. The summed E-state index contributed by atoms with van der Waals surface area (Å²) < 4.78 is 51.4. The molecule has 38 heavy (non-hydrogen) atoms. The van der Waals surface area contributed by atoms with Gasteiger partial charge in [-0.25, -0.2) is 9.18 Å². The minimum absolute atomic E-state index is 0.311. The fourth-order valence-electron chi connectivity index (χ4n) is 4.88. The lowest BCUT2D eigenvalue weighted by Gasteiger charge is -2.47. The fraction of sp³-hybridized carbons (Fsp3) is 0.519. The molecule has 2 amide bonds. The van der Waals surface area contributed by atoms with Gasteiger partial charge in [0.1, 0.15) is 24.1 Å². The van der Waals surface area contributed by atoms with Gasteiger partial charge < -0.3 is 19.5 Å². The second-order valence-corrected chi connectivity index (χ2v) is 11.0. The van der Waals surface area contributed by atoms with E-state index in [9.17, 15) is 27.9 Å². The summed E-state index contributed by atoms with van der Waals surface area (Å²) in [7, 11) is 0. The number of hydrogen-bond donors (Lipinski definition) is 1. The molecule has 0 aliphatic carbocycles. The molecule has 2 fully saturated rings. The quantitative estimate of drug-likeness (QED) is 0.593. The standard InChI is InChI=1S/C27H32F3N3O5/c1-25(2,3)38-24(35)32-13-12-27(32,36)20-11-10-18(15-31-20)16-6-8-17(9-7-16)21-19(14-28)33(23(34)22(29)30)26(4,5)37-21/h6-11,15,19,21-22,36H,12-14H2,1-5H3. The molecule has 3 atom stereocenters. The van der Waals surface area contributed by atoms with Gasteiger partial charge in [-0.15, -0.1) is 0 Å². The zero-order valence-corrected chi connectivity index (χ0v) is 22.0. The monoisotopic (exact) mass is 535 g/mol. The van der Waals surface area contributed by atoms with Crippen LogP contribution in [0.5, 0.6) is 0 Å². The van der Waals surface area contributed by atoms with Gasteiger partial charge in [0.15, 0.2) is 5.72 Å². The molecule has 2 aliphatic heterocycles. The third kappa shape index (κ3) is 5.09. The molecule has 1 aromatic carbocycles. The number of aromatic nitrogens is 1. The van der Waals surface area contributed by atoms with E-state index in [2.05, 4.69) is 4.98 Å². The Morgan fingerprint density at radius 2 is 1.79 bits per heavy atom. The van der Waals surface area contributed by atoms with E-state index in [0.717, 1.165) is 16.0 Å². The maximum absolute atomic E-state index is 13.9. The van der Waals surface area contributed by atoms with Crippen LogP contribution < -0.4 is 0 Å². The summed E-state index contributed by atoms with van der Waals surface area (Å²) in [5.74, 6) is -1.47. The van der Waals surface area contributed by atoms with Gasteiger partial charge in [0.25, 0.3) is 5.91 Å². The van der Waals surface area contributed by atoms with Crippen molar-refractivity contribution in [2.24, 2.45) is 0 Å². The van der Waals surface area contributed by atoms with Crippen LogP contribution in [0.1, 0.15) is 58.4 Å². The van der Waals surface area contributed by atoms with Gasteiger partial charge in [-0.2, -0.15) is 8.78 Å². The van der Waals surface area contributed by atoms with E-state index in [1.54, 1.807) is 63.4 Å². The zero-order chi connectivity index (χ0) is 28.0. The molecule has 1 aromatic heterocycles. The average molecular weight is 536 g/mol. The molecule has 206 valence electrons. The number of hydrogen-bond acceptors (Lipinski definition) is 6. The van der Waals surface area contributed by atoms with Gasteiger partial charge in [-0.05, 0) is 51.8 Å². The minimum atomic E-state index is -3.27. The van der Waals surface area contributed by atoms with Crippen LogP contribution in [0.25, 0.3) is 11.1 Å². The molecular formula is C27H32F3N3O5. The van der Waals surface area contributed by atoms with Crippen LogP contribution >= 0.6 is 0 Å². The second-order valence-electron chi connectivity index (χ2n) is 11.0. The molecule has 11 heteroatoms. The van der Waals surface area contributed by atoms with E-state index in [1.165, 1.54) is 18.7 Å². The number of pyridine rings is 1. The van der Waals surface area contributed by atoms with Crippen molar-refractivity contribution in [3.05, 3.63) is 53.9 Å². The smallest absolute Gasteiger partial charge is 0.412 e. The van der Waals surface area contributed by atoms with Crippen LogP contribution in [0, 0.1) is 0 Å². The molecule has 0 radical (unpaired) electrons. The zero-order valence-electron chi connectivity index (χ0n) is 22.0. The van der Waals surface area contributed by atoms with Crippen LogP contribution in [0.2, 0.25) is 0 Å². The Hall–Kier alpha value is -3.18. The highest BCUT2D eigenvalue weighted by molar-refractivity contribution is 5.80. The van der Waals surface area contributed by atoms with Crippen LogP contribution in [0.15, 0.2) is 42.6 Å². The Balaban J connectivity index is 1.51. The van der Waals surface area contributed by atoms with Crippen molar-refractivity contribution in [1.82, 2.24) is 14.8 Å². The molecule has 0 bridgehead atoms. The molecule has 3 unspecified atom stereocenters. The van der Waals surface area contributed by atoms with Gasteiger partial charge >= 0.3 is 12.5 Å². The molecule has 0 spiro atoms. The van der Waals surface area contributed by atoms with Crippen molar-refractivity contribution in [3.63, 3.8) is 0 Å². The highest BCUT2D eigenvalue weighted by Crippen LogP contribution is 2.42. The Morgan fingerprint density at radius 1 is 1.16 bits per heavy atom. The number of rotatable bonds is 5. The molecule has 4 rings (SSSR count). The van der Waals surface area contributed by atoms with Crippen LogP contribution in [0.4, 0.5) is 18.0 Å². The van der Waals surface area contributed by atoms with Crippen molar-refractivity contribution in [2.75, 3.05) is 13.2 Å². The molecule has 3 heterocycles. The molecule has 2 aliphatic rings. The van der Waals surface area contributed by atoms with Crippen LogP contribution in [0.3, 0.4) is 0 Å². The van der Waals surface area contributed by atoms with E-state index in [-0.39, 0.29) is 0 Å². The Labute approximate surface area is 219 Å². The lowest BCUT2D eigenvalue weighted by Crippen LogP contribution is -2.61. The number of aliphatic hydroxyl groups is 1. The third-order valence-electron chi connectivity index (χ3n) is 6.75. The first-order chi connectivity index (χ1) is 17.7. The fourth-order valence-corrected chi connectivity index (χ4v) is 4.88. The number of amides is 2. The van der Waals surface area contributed by atoms with Crippen molar-refractivity contribution in [3.8, 4) is 11.1 Å². The lowest BCUT2D eigenvalue weighted by atomic mass is 9.93. The third-order valence-corrected chi connectivity index (χ3v) is 6.75. The number of alkyl halides is 3. The first-order valence-corrected chi connectivity index (χ1v) is 12.3. The van der Waals surface area contributed by atoms with Crippen molar-refractivity contribution >= 4 is 12.0 Å². The summed E-state index contributed by atoms with van der Waals surface area (Å²) in [6, 6.07) is 9.08. The van der Waals surface area contributed by atoms with Crippen molar-refractivity contribution < 1.29 is 37.3 Å². The first kappa shape index (κ1) is 27.8. The molecular weight excluding hydrogens is 503 g/mol. The summed E-state index contributed by atoms with van der Waals surface area (Å²) >= 11 is 0. The second kappa shape index (κ2) is 9.85. The number of ether oxygens (including phenoxy) is 2. The number of carbonyl (C=O) groups is 2. The van der Waals surface area contributed by atoms with Gasteiger partial charge in [0.2, 0.25) is 0 Å². The van der Waals surface area contributed by atoms with Crippen LogP contribution in [-0.4, -0.2) is 68.9 Å². The van der Waals surface area contributed by atoms with Gasteiger partial charge in [-0.3, -0.25) is 14.7 Å². The number of halogens is 3. The molecule has 8 nitrogen and oxygen atoms in total. The lowest BCUT2D eigenvalue weighted by molar-refractivity contribution is -0.179. The Bertz CT molecular complexity index is 1180. The van der Waals surface area contributed by atoms with E-state index in [1.807, 2.05) is 0 Å². The summed E-state index contributed by atoms with van der Waals surface area (Å²) in [6.07, 6.45) is -2.91. The molecule has 2 aromatic rings. The maximum atomic E-state index is 13.9. The highest BCUT2D eigenvalue weighted by atomic mass is 19.3. The Kier molecular flexibility index (Phi) is 7.22. The molecule has 1 N–H and O–H groups in total. The van der Waals surface area contributed by atoms with Crippen molar-refractivity contribution in [1.29, 1.82) is 0 Å². The maximum Gasteiger partial charge on any atom is 0.412 e. The summed E-state index contributed by atoms with van der Waals surface area (Å²) in [4.78, 5) is 30.9. The van der Waals surface area contributed by atoms with Gasteiger partial charge in [0, 0.05) is 24.7 Å². The largest absolute Gasteiger partial charge is 0.444 e. The predicted octanol–water partition coefficient (Wildman–Crippen LogP) is 4.77. The summed E-state index contributed by atoms with van der Waals surface area (Å²) in [6.45, 7) is 7.46. The predicted molar refractivity (Wildman–Crippen MR) is 132 cm³/mol. The van der Waals surface area contributed by atoms with Gasteiger partial charge in [0.05, 0.1) is 11.7 Å². The van der Waals surface area contributed by atoms with Gasteiger partial charge in [-0.1, -0.05) is 30.3 Å².